The van der Waals surface area contributed by atoms with Gasteiger partial charge in [-0.3, -0.25) is 0 Å². The molecule has 0 fully saturated rings. The van der Waals surface area contributed by atoms with E-state index < -0.39 is 5.97 Å². The van der Waals surface area contributed by atoms with Gasteiger partial charge < -0.3 is 5.11 Å². The van der Waals surface area contributed by atoms with Crippen molar-refractivity contribution in [1.29, 1.82) is 0 Å². The van der Waals surface area contributed by atoms with Crippen molar-refractivity contribution < 1.29 is 9.90 Å². The first-order valence-corrected chi connectivity index (χ1v) is 7.11. The van der Waals surface area contributed by atoms with Gasteiger partial charge in [0.1, 0.15) is 11.0 Å². The summed E-state index contributed by atoms with van der Waals surface area (Å²) >= 11 is 5.04. The normalized spacial score (nSPS) is 11.0. The highest BCUT2D eigenvalue weighted by atomic mass is 79.9. The molecule has 2 aromatic heterocycles. The Bertz CT molecular complexity index is 765. The predicted molar refractivity (Wildman–Crippen MR) is 75.6 cm³/mol. The van der Waals surface area contributed by atoms with Gasteiger partial charge in [0.25, 0.3) is 0 Å². The molecule has 96 valence electrons. The standard InChI is InChI=1S/C12H8BrN3O2S/c13-8-4-5-19-10(8)6-16-11-7(12(17)18)2-1-3-9(11)14-15-16/h1-5H,6H2,(H,17,18). The van der Waals surface area contributed by atoms with Crippen LogP contribution < -0.4 is 0 Å². The van der Waals surface area contributed by atoms with Crippen LogP contribution in [0.2, 0.25) is 0 Å². The second-order valence-corrected chi connectivity index (χ2v) is 5.77. The fourth-order valence-electron chi connectivity index (χ4n) is 1.89. The van der Waals surface area contributed by atoms with Gasteiger partial charge in [0.2, 0.25) is 0 Å². The van der Waals surface area contributed by atoms with Crippen molar-refractivity contribution in [1.82, 2.24) is 15.0 Å². The average molecular weight is 338 g/mol. The molecule has 0 unspecified atom stereocenters. The van der Waals surface area contributed by atoms with Crippen molar-refractivity contribution in [2.24, 2.45) is 0 Å². The molecule has 19 heavy (non-hydrogen) atoms. The summed E-state index contributed by atoms with van der Waals surface area (Å²) in [4.78, 5) is 12.3. The summed E-state index contributed by atoms with van der Waals surface area (Å²) in [5, 5.41) is 19.3. The molecule has 0 atom stereocenters. The zero-order valence-corrected chi connectivity index (χ0v) is 12.0. The predicted octanol–water partition coefficient (Wildman–Crippen LogP) is 3.00. The van der Waals surface area contributed by atoms with Crippen LogP contribution in [0.3, 0.4) is 0 Å². The largest absolute Gasteiger partial charge is 0.478 e. The number of thiophene rings is 1. The molecule has 0 radical (unpaired) electrons. The number of carboxylic acid groups (broad SMARTS) is 1. The van der Waals surface area contributed by atoms with Crippen LogP contribution in [0.25, 0.3) is 11.0 Å². The third kappa shape index (κ3) is 2.15. The smallest absolute Gasteiger partial charge is 0.337 e. The molecule has 2 heterocycles. The number of aromatic carboxylic acids is 1. The number of hydrogen-bond donors (Lipinski definition) is 1. The monoisotopic (exact) mass is 337 g/mol. The Balaban J connectivity index is 2.14. The van der Waals surface area contributed by atoms with Gasteiger partial charge in [0.05, 0.1) is 12.1 Å². The van der Waals surface area contributed by atoms with Crippen molar-refractivity contribution in [3.05, 3.63) is 44.6 Å². The molecule has 0 saturated carbocycles. The number of nitrogens with zero attached hydrogens (tertiary/aromatic N) is 3. The van der Waals surface area contributed by atoms with E-state index in [1.807, 2.05) is 11.4 Å². The first-order chi connectivity index (χ1) is 9.16. The summed E-state index contributed by atoms with van der Waals surface area (Å²) < 4.78 is 2.61. The quantitative estimate of drug-likeness (QED) is 0.797. The van der Waals surface area contributed by atoms with E-state index >= 15 is 0 Å². The number of fused-ring (bicyclic) bond motifs is 1. The molecular weight excluding hydrogens is 330 g/mol. The van der Waals surface area contributed by atoms with Gasteiger partial charge >= 0.3 is 5.97 Å². The van der Waals surface area contributed by atoms with Gasteiger partial charge in [-0.1, -0.05) is 11.3 Å². The minimum atomic E-state index is -0.973. The number of benzene rings is 1. The zero-order chi connectivity index (χ0) is 13.4. The van der Waals surface area contributed by atoms with E-state index in [1.165, 1.54) is 0 Å². The van der Waals surface area contributed by atoms with E-state index in [0.29, 0.717) is 17.6 Å². The highest BCUT2D eigenvalue weighted by Crippen LogP contribution is 2.25. The van der Waals surface area contributed by atoms with Crippen LogP contribution in [0.4, 0.5) is 0 Å². The maximum atomic E-state index is 11.3. The van der Waals surface area contributed by atoms with E-state index in [0.717, 1.165) is 9.35 Å². The molecule has 0 amide bonds. The lowest BCUT2D eigenvalue weighted by molar-refractivity contribution is 0.0698. The molecule has 0 bridgehead atoms. The number of carboxylic acids is 1. The molecule has 1 N–H and O–H groups in total. The van der Waals surface area contributed by atoms with Crippen molar-refractivity contribution >= 4 is 44.3 Å². The number of hydrogen-bond acceptors (Lipinski definition) is 4. The van der Waals surface area contributed by atoms with Crippen LogP contribution in [-0.4, -0.2) is 26.1 Å². The Morgan fingerprint density at radius 3 is 2.95 bits per heavy atom. The molecule has 7 heteroatoms. The molecule has 0 saturated heterocycles. The minimum absolute atomic E-state index is 0.218. The number of carbonyl (C=O) groups is 1. The second kappa shape index (κ2) is 4.75. The van der Waals surface area contributed by atoms with Crippen LogP contribution in [0.1, 0.15) is 15.2 Å². The van der Waals surface area contributed by atoms with Gasteiger partial charge in [-0.05, 0) is 39.5 Å². The van der Waals surface area contributed by atoms with Crippen LogP contribution in [0, 0.1) is 0 Å². The molecular formula is C12H8BrN3O2S. The lowest BCUT2D eigenvalue weighted by Gasteiger charge is -2.03. The minimum Gasteiger partial charge on any atom is -0.478 e. The Morgan fingerprint density at radius 1 is 1.42 bits per heavy atom. The summed E-state index contributed by atoms with van der Waals surface area (Å²) in [6.07, 6.45) is 0. The molecule has 0 spiro atoms. The van der Waals surface area contributed by atoms with Crippen LogP contribution in [0.5, 0.6) is 0 Å². The number of aromatic nitrogens is 3. The third-order valence-electron chi connectivity index (χ3n) is 2.75. The molecule has 0 aliphatic heterocycles. The van der Waals surface area contributed by atoms with Crippen molar-refractivity contribution in [2.75, 3.05) is 0 Å². The topological polar surface area (TPSA) is 68.0 Å². The van der Waals surface area contributed by atoms with Crippen LogP contribution in [0.15, 0.2) is 34.1 Å². The number of rotatable bonds is 3. The molecule has 0 aliphatic rings. The van der Waals surface area contributed by atoms with Crippen molar-refractivity contribution in [3.8, 4) is 0 Å². The summed E-state index contributed by atoms with van der Waals surface area (Å²) in [5.74, 6) is -0.973. The fraction of sp³-hybridized carbons (Fsp3) is 0.0833. The lowest BCUT2D eigenvalue weighted by atomic mass is 10.2. The molecule has 3 aromatic rings. The van der Waals surface area contributed by atoms with Gasteiger partial charge in [-0.15, -0.1) is 16.4 Å². The summed E-state index contributed by atoms with van der Waals surface area (Å²) in [6, 6.07) is 6.95. The second-order valence-electron chi connectivity index (χ2n) is 3.92. The first-order valence-electron chi connectivity index (χ1n) is 5.44. The van der Waals surface area contributed by atoms with E-state index in [2.05, 4.69) is 26.2 Å². The van der Waals surface area contributed by atoms with Crippen molar-refractivity contribution in [2.45, 2.75) is 6.54 Å². The SMILES string of the molecule is O=C(O)c1cccc2nnn(Cc3sccc3Br)c12. The Morgan fingerprint density at radius 2 is 2.26 bits per heavy atom. The van der Waals surface area contributed by atoms with E-state index in [-0.39, 0.29) is 5.56 Å². The third-order valence-corrected chi connectivity index (χ3v) is 4.66. The van der Waals surface area contributed by atoms with Crippen LogP contribution in [-0.2, 0) is 6.54 Å². The van der Waals surface area contributed by atoms with Gasteiger partial charge in [-0.25, -0.2) is 9.48 Å². The molecule has 1 aromatic carbocycles. The van der Waals surface area contributed by atoms with Crippen LogP contribution >= 0.6 is 27.3 Å². The summed E-state index contributed by atoms with van der Waals surface area (Å²) in [5.41, 5.74) is 1.36. The van der Waals surface area contributed by atoms with Gasteiger partial charge in [0.15, 0.2) is 0 Å². The van der Waals surface area contributed by atoms with E-state index in [9.17, 15) is 9.90 Å². The maximum absolute atomic E-state index is 11.3. The summed E-state index contributed by atoms with van der Waals surface area (Å²) in [6.45, 7) is 0.499. The highest BCUT2D eigenvalue weighted by Gasteiger charge is 2.15. The molecule has 5 nitrogen and oxygen atoms in total. The molecule has 0 aliphatic carbocycles. The van der Waals surface area contributed by atoms with Gasteiger partial charge in [0, 0.05) is 9.35 Å². The zero-order valence-electron chi connectivity index (χ0n) is 9.58. The van der Waals surface area contributed by atoms with Gasteiger partial charge in [-0.2, -0.15) is 0 Å². The van der Waals surface area contributed by atoms with Crippen molar-refractivity contribution in [3.63, 3.8) is 0 Å². The fourth-order valence-corrected chi connectivity index (χ4v) is 3.35. The lowest BCUT2D eigenvalue weighted by Crippen LogP contribution is -2.05. The maximum Gasteiger partial charge on any atom is 0.337 e. The van der Waals surface area contributed by atoms with E-state index in [1.54, 1.807) is 34.2 Å². The summed E-state index contributed by atoms with van der Waals surface area (Å²) in [7, 11) is 0. The number of para-hydroxylation sites is 1. The Kier molecular flexibility index (Phi) is 3.08. The Hall–Kier alpha value is -1.73. The Labute approximate surface area is 120 Å². The average Bonchev–Trinajstić information content (AvgIpc) is 2.97. The highest BCUT2D eigenvalue weighted by molar-refractivity contribution is 9.10. The molecule has 3 rings (SSSR count). The number of halogens is 1. The van der Waals surface area contributed by atoms with E-state index in [4.69, 9.17) is 0 Å². The first kappa shape index (κ1) is 12.3.